The maximum Gasteiger partial charge on any atom is 0.135 e. The molecule has 40 heavy (non-hydrogen) atoms. The Labute approximate surface area is 231 Å². The minimum Gasteiger partial charge on any atom is -0.356 e. The second-order valence-corrected chi connectivity index (χ2v) is 9.25. The van der Waals surface area contributed by atoms with E-state index in [-0.39, 0.29) is 0 Å². The molecule has 6 aromatic rings. The Morgan fingerprint density at radius 2 is 1.77 bits per heavy atom. The topological polar surface area (TPSA) is 95.2 Å². The summed E-state index contributed by atoms with van der Waals surface area (Å²) < 4.78 is 0. The second-order valence-electron chi connectivity index (χ2n) is 9.25. The van der Waals surface area contributed by atoms with Crippen molar-refractivity contribution in [2.24, 2.45) is 0 Å². The molecule has 0 bridgehead atoms. The second kappa shape index (κ2) is 10.7. The molecule has 5 aromatic heterocycles. The van der Waals surface area contributed by atoms with Crippen molar-refractivity contribution in [1.29, 1.82) is 0 Å². The molecule has 0 aliphatic rings. The first-order chi connectivity index (χ1) is 19.6. The lowest BCUT2D eigenvalue weighted by Gasteiger charge is -2.12. The highest BCUT2D eigenvalue weighted by atomic mass is 15.1. The third-order valence-corrected chi connectivity index (χ3v) is 6.75. The van der Waals surface area contributed by atoms with Gasteiger partial charge >= 0.3 is 0 Å². The van der Waals surface area contributed by atoms with Crippen LogP contribution in [-0.2, 0) is 0 Å². The number of nitrogens with one attached hydrogen (secondary N) is 3. The van der Waals surface area contributed by atoms with Crippen LogP contribution in [0.4, 0.5) is 0 Å². The number of pyridine rings is 3. The molecule has 0 aliphatic carbocycles. The predicted molar refractivity (Wildman–Crippen MR) is 163 cm³/mol. The summed E-state index contributed by atoms with van der Waals surface area (Å²) in [5.41, 5.74) is 10.6. The largest absolute Gasteiger partial charge is 0.356 e. The van der Waals surface area contributed by atoms with E-state index in [1.807, 2.05) is 86.1 Å². The van der Waals surface area contributed by atoms with Crippen LogP contribution in [0.1, 0.15) is 18.2 Å². The molecule has 0 unspecified atom stereocenters. The molecule has 7 heteroatoms. The zero-order chi connectivity index (χ0) is 27.5. The zero-order valence-electron chi connectivity index (χ0n) is 22.0. The number of nitrogens with zero attached hydrogens (tertiary/aromatic N) is 4. The Kier molecular flexibility index (Phi) is 6.60. The van der Waals surface area contributed by atoms with Crippen molar-refractivity contribution in [3.63, 3.8) is 0 Å². The van der Waals surface area contributed by atoms with Gasteiger partial charge in [-0.1, -0.05) is 49.6 Å². The number of fused-ring (bicyclic) bond motifs is 2. The fraction of sp³-hybridized carbons (Fsp3) is 0.0303. The van der Waals surface area contributed by atoms with Gasteiger partial charge in [0, 0.05) is 40.9 Å². The number of benzene rings is 1. The van der Waals surface area contributed by atoms with E-state index in [9.17, 15) is 0 Å². The molecule has 0 saturated carbocycles. The van der Waals surface area contributed by atoms with Gasteiger partial charge in [-0.25, -0.2) is 4.98 Å². The maximum atomic E-state index is 5.02. The lowest BCUT2D eigenvalue weighted by molar-refractivity contribution is 1.12. The average molecular weight is 522 g/mol. The van der Waals surface area contributed by atoms with Gasteiger partial charge in [0.25, 0.3) is 0 Å². The number of rotatable bonds is 8. The Bertz CT molecular complexity index is 1910. The van der Waals surface area contributed by atoms with Crippen LogP contribution in [0.3, 0.4) is 0 Å². The Morgan fingerprint density at radius 3 is 2.55 bits per heavy atom. The Balaban J connectivity index is 1.36. The summed E-state index contributed by atoms with van der Waals surface area (Å²) in [5.74, 6) is 0. The van der Waals surface area contributed by atoms with E-state index < -0.39 is 0 Å². The first-order valence-corrected chi connectivity index (χ1v) is 12.9. The molecule has 0 atom stereocenters. The molecular formula is C33H27N7. The van der Waals surface area contributed by atoms with Crippen LogP contribution in [0.2, 0.25) is 0 Å². The van der Waals surface area contributed by atoms with E-state index in [2.05, 4.69) is 49.7 Å². The van der Waals surface area contributed by atoms with E-state index in [4.69, 9.17) is 4.98 Å². The van der Waals surface area contributed by atoms with Crippen molar-refractivity contribution < 1.29 is 0 Å². The summed E-state index contributed by atoms with van der Waals surface area (Å²) in [6.45, 7) is 10.2. The number of hydrogen-bond acceptors (Lipinski definition) is 5. The van der Waals surface area contributed by atoms with Crippen molar-refractivity contribution in [1.82, 2.24) is 35.5 Å². The van der Waals surface area contributed by atoms with Crippen LogP contribution in [0.15, 0.2) is 123 Å². The normalized spacial score (nSPS) is 12.1. The van der Waals surface area contributed by atoms with Gasteiger partial charge in [0.1, 0.15) is 11.2 Å². The number of aromatic nitrogens is 6. The van der Waals surface area contributed by atoms with Gasteiger partial charge in [-0.3, -0.25) is 15.1 Å². The molecule has 1 aromatic carbocycles. The third kappa shape index (κ3) is 4.72. The van der Waals surface area contributed by atoms with Crippen LogP contribution in [0, 0.1) is 0 Å². The van der Waals surface area contributed by atoms with Crippen LogP contribution < -0.4 is 5.32 Å². The SMILES string of the molecule is C=C/C(=C\C(=C/C)c1ccc2[nH]nc(-c3cc4c(-c5ccncc5)cncc4[nH]3)c2n1)NC(=C)c1ccccc1. The molecule has 6 rings (SSSR count). The Morgan fingerprint density at radius 1 is 0.950 bits per heavy atom. The van der Waals surface area contributed by atoms with Crippen molar-refractivity contribution in [2.75, 3.05) is 0 Å². The smallest absolute Gasteiger partial charge is 0.135 e. The fourth-order valence-corrected chi connectivity index (χ4v) is 4.69. The van der Waals surface area contributed by atoms with E-state index in [1.54, 1.807) is 18.5 Å². The molecule has 0 saturated heterocycles. The number of hydrogen-bond donors (Lipinski definition) is 3. The van der Waals surface area contributed by atoms with E-state index in [1.165, 1.54) is 0 Å². The lowest BCUT2D eigenvalue weighted by atomic mass is 10.1. The first-order valence-electron chi connectivity index (χ1n) is 12.9. The summed E-state index contributed by atoms with van der Waals surface area (Å²) in [5, 5.41) is 12.2. The molecule has 0 spiro atoms. The minimum atomic E-state index is 0.743. The highest BCUT2D eigenvalue weighted by molar-refractivity contribution is 6.00. The molecule has 5 heterocycles. The standard InChI is InChI=1S/C33H27N7/c1-4-22(17-25(5-2)36-21(3)23-9-7-6-8-10-23)28-11-12-29-32(38-28)33(40-39-29)30-18-26-27(19-35-20-31(26)37-30)24-13-15-34-16-14-24/h4-20,36-37H,2-3H2,1H3,(H,39,40)/b22-4+,25-17+. The molecular weight excluding hydrogens is 494 g/mol. The molecule has 0 amide bonds. The summed E-state index contributed by atoms with van der Waals surface area (Å²) in [7, 11) is 0. The molecule has 0 fully saturated rings. The Hall–Kier alpha value is -5.56. The van der Waals surface area contributed by atoms with Gasteiger partial charge < -0.3 is 10.3 Å². The highest BCUT2D eigenvalue weighted by Gasteiger charge is 2.16. The van der Waals surface area contributed by atoms with Gasteiger partial charge in [-0.2, -0.15) is 5.10 Å². The monoisotopic (exact) mass is 521 g/mol. The van der Waals surface area contributed by atoms with Gasteiger partial charge in [0.05, 0.1) is 28.6 Å². The quantitative estimate of drug-likeness (QED) is 0.183. The molecule has 3 N–H and O–H groups in total. The predicted octanol–water partition coefficient (Wildman–Crippen LogP) is 7.30. The maximum absolute atomic E-state index is 5.02. The van der Waals surface area contributed by atoms with Crippen molar-refractivity contribution in [3.8, 4) is 22.5 Å². The molecule has 0 aliphatic heterocycles. The van der Waals surface area contributed by atoms with Gasteiger partial charge in [0.2, 0.25) is 0 Å². The van der Waals surface area contributed by atoms with Gasteiger partial charge in [-0.15, -0.1) is 0 Å². The molecule has 0 radical (unpaired) electrons. The van der Waals surface area contributed by atoms with Crippen LogP contribution in [-0.4, -0.2) is 30.1 Å². The van der Waals surface area contributed by atoms with Crippen molar-refractivity contribution in [2.45, 2.75) is 6.92 Å². The molecule has 194 valence electrons. The van der Waals surface area contributed by atoms with Crippen molar-refractivity contribution >= 4 is 33.2 Å². The van der Waals surface area contributed by atoms with E-state index in [0.717, 1.165) is 72.7 Å². The third-order valence-electron chi connectivity index (χ3n) is 6.75. The fourth-order valence-electron chi connectivity index (χ4n) is 4.69. The summed E-state index contributed by atoms with van der Waals surface area (Å²) in [4.78, 5) is 17.1. The summed E-state index contributed by atoms with van der Waals surface area (Å²) in [6, 6.07) is 20.0. The minimum absolute atomic E-state index is 0.743. The van der Waals surface area contributed by atoms with Crippen LogP contribution >= 0.6 is 0 Å². The molecule has 7 nitrogen and oxygen atoms in total. The number of aromatic amines is 2. The average Bonchev–Trinajstić information content (AvgIpc) is 3.64. The van der Waals surface area contributed by atoms with Crippen LogP contribution in [0.25, 0.3) is 55.7 Å². The van der Waals surface area contributed by atoms with E-state index >= 15 is 0 Å². The number of H-pyrrole nitrogens is 2. The van der Waals surface area contributed by atoms with Gasteiger partial charge in [0.15, 0.2) is 0 Å². The van der Waals surface area contributed by atoms with Crippen molar-refractivity contribution in [3.05, 3.63) is 134 Å². The summed E-state index contributed by atoms with van der Waals surface area (Å²) >= 11 is 0. The highest BCUT2D eigenvalue weighted by Crippen LogP contribution is 2.33. The number of allylic oxidation sites excluding steroid dienone is 4. The lowest BCUT2D eigenvalue weighted by Crippen LogP contribution is -2.09. The van der Waals surface area contributed by atoms with Gasteiger partial charge in [-0.05, 0) is 66.1 Å². The van der Waals surface area contributed by atoms with Crippen LogP contribution in [0.5, 0.6) is 0 Å². The first kappa shape index (κ1) is 24.8. The summed E-state index contributed by atoms with van der Waals surface area (Å²) in [6.07, 6.45) is 13.1. The van der Waals surface area contributed by atoms with E-state index in [0.29, 0.717) is 0 Å². The zero-order valence-corrected chi connectivity index (χ0v) is 22.0.